The predicted molar refractivity (Wildman–Crippen MR) is 65.4 cm³/mol. The van der Waals surface area contributed by atoms with Gasteiger partial charge >= 0.3 is 11.7 Å². The van der Waals surface area contributed by atoms with Crippen LogP contribution in [0.25, 0.3) is 0 Å². The zero-order chi connectivity index (χ0) is 14.0. The third kappa shape index (κ3) is 2.30. The molecule has 0 radical (unpaired) electrons. The molecule has 1 aromatic carbocycles. The quantitative estimate of drug-likeness (QED) is 0.513. The number of phenols is 1. The van der Waals surface area contributed by atoms with E-state index in [1.807, 2.05) is 0 Å². The number of rotatable bonds is 3. The highest BCUT2D eigenvalue weighted by atomic mass is 35.5. The Hall–Kier alpha value is -2.02. The number of nitro benzene ring substituents is 1. The van der Waals surface area contributed by atoms with Crippen molar-refractivity contribution in [1.29, 1.82) is 0 Å². The molecule has 0 fully saturated rings. The fraction of sp³-hybridized carbons (Fsp3) is 0.300. The third-order valence-electron chi connectivity index (χ3n) is 2.24. The van der Waals surface area contributed by atoms with Crippen molar-refractivity contribution in [2.45, 2.75) is 0 Å². The number of methoxy groups -OCH3 is 1. The van der Waals surface area contributed by atoms with Crippen LogP contribution in [0.1, 0.15) is 10.4 Å². The van der Waals surface area contributed by atoms with Gasteiger partial charge in [0.2, 0.25) is 5.75 Å². The summed E-state index contributed by atoms with van der Waals surface area (Å²) in [5.41, 5.74) is -0.959. The molecule has 0 bridgehead atoms. The molecule has 0 atom stereocenters. The van der Waals surface area contributed by atoms with Crippen LogP contribution in [0.5, 0.6) is 5.75 Å². The van der Waals surface area contributed by atoms with E-state index in [-0.39, 0.29) is 16.3 Å². The van der Waals surface area contributed by atoms with Gasteiger partial charge in [-0.25, -0.2) is 4.79 Å². The molecule has 1 aromatic rings. The average Bonchev–Trinajstić information content (AvgIpc) is 2.29. The van der Waals surface area contributed by atoms with Crippen molar-refractivity contribution in [1.82, 2.24) is 0 Å². The summed E-state index contributed by atoms with van der Waals surface area (Å²) in [5.74, 6) is -1.66. The molecule has 1 rings (SSSR count). The zero-order valence-corrected chi connectivity index (χ0v) is 10.7. The number of carbonyl (C=O) groups excluding carboxylic acids is 1. The molecular weight excluding hydrogens is 264 g/mol. The van der Waals surface area contributed by atoms with Gasteiger partial charge in [-0.1, -0.05) is 11.6 Å². The van der Waals surface area contributed by atoms with Crippen LogP contribution < -0.4 is 4.90 Å². The maximum absolute atomic E-state index is 11.4. The lowest BCUT2D eigenvalue weighted by atomic mass is 10.1. The Bertz CT molecular complexity index is 515. The van der Waals surface area contributed by atoms with Gasteiger partial charge in [-0.3, -0.25) is 10.1 Å². The van der Waals surface area contributed by atoms with E-state index in [0.717, 1.165) is 13.2 Å². The SMILES string of the molecule is COC(=O)c1cc(Cl)c(N(C)C)c([N+](=O)[O-])c1O. The summed E-state index contributed by atoms with van der Waals surface area (Å²) in [6.45, 7) is 0. The minimum Gasteiger partial charge on any atom is -0.501 e. The molecule has 0 spiro atoms. The molecule has 0 aliphatic carbocycles. The molecule has 0 saturated carbocycles. The van der Waals surface area contributed by atoms with E-state index in [9.17, 15) is 20.0 Å². The number of nitro groups is 1. The van der Waals surface area contributed by atoms with Gasteiger partial charge in [-0.05, 0) is 6.07 Å². The molecule has 0 heterocycles. The Morgan fingerprint density at radius 3 is 2.50 bits per heavy atom. The summed E-state index contributed by atoms with van der Waals surface area (Å²) in [7, 11) is 4.16. The van der Waals surface area contributed by atoms with Crippen LogP contribution in [0.2, 0.25) is 5.02 Å². The Morgan fingerprint density at radius 1 is 1.56 bits per heavy atom. The van der Waals surface area contributed by atoms with Crippen molar-refractivity contribution in [3.63, 3.8) is 0 Å². The van der Waals surface area contributed by atoms with Crippen molar-refractivity contribution < 1.29 is 19.6 Å². The van der Waals surface area contributed by atoms with Gasteiger partial charge in [0.25, 0.3) is 0 Å². The van der Waals surface area contributed by atoms with Crippen molar-refractivity contribution in [3.05, 3.63) is 26.8 Å². The number of phenolic OH excluding ortho intramolecular Hbond substituents is 1. The normalized spacial score (nSPS) is 10.0. The Labute approximate surface area is 108 Å². The monoisotopic (exact) mass is 274 g/mol. The Kier molecular flexibility index (Phi) is 3.97. The maximum Gasteiger partial charge on any atom is 0.341 e. The average molecular weight is 275 g/mol. The molecule has 0 aromatic heterocycles. The number of halogens is 1. The van der Waals surface area contributed by atoms with Crippen molar-refractivity contribution in [2.75, 3.05) is 26.1 Å². The van der Waals surface area contributed by atoms with Crippen molar-refractivity contribution in [3.8, 4) is 5.75 Å². The van der Waals surface area contributed by atoms with E-state index < -0.39 is 22.3 Å². The van der Waals surface area contributed by atoms with Crippen molar-refractivity contribution >= 4 is 28.9 Å². The summed E-state index contributed by atoms with van der Waals surface area (Å²) < 4.78 is 4.41. The first-order valence-electron chi connectivity index (χ1n) is 4.76. The van der Waals surface area contributed by atoms with Crippen LogP contribution >= 0.6 is 11.6 Å². The second kappa shape index (κ2) is 5.09. The molecule has 0 unspecified atom stereocenters. The molecular formula is C10H11ClN2O5. The molecule has 0 saturated heterocycles. The van der Waals surface area contributed by atoms with E-state index in [2.05, 4.69) is 4.74 Å². The standard InChI is InChI=1S/C10H11ClN2O5/c1-12(2)7-6(11)4-5(10(15)18-3)9(14)8(7)13(16)17/h4,14H,1-3H3. The number of hydrogen-bond acceptors (Lipinski definition) is 6. The molecule has 98 valence electrons. The number of aromatic hydroxyl groups is 1. The lowest BCUT2D eigenvalue weighted by Gasteiger charge is -2.16. The summed E-state index contributed by atoms with van der Waals surface area (Å²) in [5, 5.41) is 20.7. The third-order valence-corrected chi connectivity index (χ3v) is 2.52. The van der Waals surface area contributed by atoms with E-state index in [1.54, 1.807) is 0 Å². The first-order chi connectivity index (χ1) is 8.31. The zero-order valence-electron chi connectivity index (χ0n) is 9.93. The first-order valence-corrected chi connectivity index (χ1v) is 5.14. The van der Waals surface area contributed by atoms with Gasteiger partial charge in [-0.15, -0.1) is 0 Å². The number of ether oxygens (including phenoxy) is 1. The summed E-state index contributed by atoms with van der Waals surface area (Å²) in [4.78, 5) is 22.9. The second-order valence-electron chi connectivity index (χ2n) is 3.59. The number of anilines is 1. The van der Waals surface area contributed by atoms with Gasteiger partial charge in [0.05, 0.1) is 17.1 Å². The summed E-state index contributed by atoms with van der Waals surface area (Å²) >= 11 is 5.88. The fourth-order valence-corrected chi connectivity index (χ4v) is 1.85. The number of carbonyl (C=O) groups is 1. The highest BCUT2D eigenvalue weighted by Gasteiger charge is 2.30. The van der Waals surface area contributed by atoms with Crippen LogP contribution in [0.4, 0.5) is 11.4 Å². The smallest absolute Gasteiger partial charge is 0.341 e. The largest absolute Gasteiger partial charge is 0.501 e. The summed E-state index contributed by atoms with van der Waals surface area (Å²) in [6.07, 6.45) is 0. The van der Waals surface area contributed by atoms with Crippen LogP contribution in [0.15, 0.2) is 6.07 Å². The number of hydrogen-bond donors (Lipinski definition) is 1. The molecule has 8 heteroatoms. The van der Waals surface area contributed by atoms with Gasteiger partial charge in [0.15, 0.2) is 0 Å². The summed E-state index contributed by atoms with van der Waals surface area (Å²) in [6, 6.07) is 1.13. The fourth-order valence-electron chi connectivity index (χ4n) is 1.48. The van der Waals surface area contributed by atoms with Crippen LogP contribution in [0.3, 0.4) is 0 Å². The van der Waals surface area contributed by atoms with Gasteiger partial charge in [0.1, 0.15) is 11.3 Å². The molecule has 18 heavy (non-hydrogen) atoms. The first kappa shape index (κ1) is 14.0. The Balaban J connectivity index is 3.66. The molecule has 0 aliphatic heterocycles. The van der Waals surface area contributed by atoms with Crippen LogP contribution in [0, 0.1) is 10.1 Å². The van der Waals surface area contributed by atoms with Crippen LogP contribution in [-0.2, 0) is 4.74 Å². The minimum atomic E-state index is -0.900. The lowest BCUT2D eigenvalue weighted by Crippen LogP contribution is -2.13. The van der Waals surface area contributed by atoms with E-state index >= 15 is 0 Å². The van der Waals surface area contributed by atoms with Gasteiger partial charge in [0, 0.05) is 14.1 Å². The molecule has 7 nitrogen and oxygen atoms in total. The predicted octanol–water partition coefficient (Wildman–Crippen LogP) is 1.81. The molecule has 0 amide bonds. The van der Waals surface area contributed by atoms with E-state index in [4.69, 9.17) is 11.6 Å². The molecule has 1 N–H and O–H groups in total. The van der Waals surface area contributed by atoms with E-state index in [0.29, 0.717) is 0 Å². The van der Waals surface area contributed by atoms with Crippen molar-refractivity contribution in [2.24, 2.45) is 0 Å². The van der Waals surface area contributed by atoms with Gasteiger partial charge < -0.3 is 14.7 Å². The minimum absolute atomic E-state index is 0.0202. The maximum atomic E-state index is 11.4. The lowest BCUT2D eigenvalue weighted by molar-refractivity contribution is -0.385. The number of nitrogens with zero attached hydrogens (tertiary/aromatic N) is 2. The van der Waals surface area contributed by atoms with Crippen LogP contribution in [-0.4, -0.2) is 37.2 Å². The molecule has 0 aliphatic rings. The van der Waals surface area contributed by atoms with E-state index in [1.165, 1.54) is 19.0 Å². The topological polar surface area (TPSA) is 92.9 Å². The number of benzene rings is 1. The Morgan fingerprint density at radius 2 is 2.11 bits per heavy atom. The highest BCUT2D eigenvalue weighted by molar-refractivity contribution is 6.34. The highest BCUT2D eigenvalue weighted by Crippen LogP contribution is 2.43. The van der Waals surface area contributed by atoms with Gasteiger partial charge in [-0.2, -0.15) is 0 Å². The second-order valence-corrected chi connectivity index (χ2v) is 4.00. The number of esters is 1.